The molecule has 2 aliphatic rings. The molecule has 0 spiro atoms. The Morgan fingerprint density at radius 1 is 1.03 bits per heavy atom. The van der Waals surface area contributed by atoms with E-state index in [9.17, 15) is 13.2 Å². The highest BCUT2D eigenvalue weighted by Crippen LogP contribution is 2.34. The van der Waals surface area contributed by atoms with Crippen LogP contribution in [0.2, 0.25) is 0 Å². The Labute approximate surface area is 171 Å². The molecule has 7 nitrogen and oxygen atoms in total. The lowest BCUT2D eigenvalue weighted by molar-refractivity contribution is -0.123. The number of nitrogens with zero attached hydrogens (tertiary/aromatic N) is 2. The molecule has 1 unspecified atom stereocenters. The Balaban J connectivity index is 1.56. The molecule has 29 heavy (non-hydrogen) atoms. The Bertz CT molecular complexity index is 1020. The van der Waals surface area contributed by atoms with Crippen molar-refractivity contribution in [2.75, 3.05) is 26.7 Å². The first kappa shape index (κ1) is 20.1. The maximum Gasteiger partial charge on any atom is 0.243 e. The molecule has 2 heterocycles. The van der Waals surface area contributed by atoms with E-state index in [-0.39, 0.29) is 18.0 Å². The highest BCUT2D eigenvalue weighted by molar-refractivity contribution is 7.89. The molecule has 4 rings (SSSR count). The molecule has 2 aromatic carbocycles. The lowest BCUT2D eigenvalue weighted by Gasteiger charge is -2.38. The minimum absolute atomic E-state index is 0.203. The molecule has 156 valence electrons. The van der Waals surface area contributed by atoms with Crippen LogP contribution in [0.4, 0.5) is 0 Å². The highest BCUT2D eigenvalue weighted by atomic mass is 32.2. The van der Waals surface area contributed by atoms with Crippen LogP contribution >= 0.6 is 0 Å². The van der Waals surface area contributed by atoms with Crippen molar-refractivity contribution in [3.8, 4) is 5.75 Å². The van der Waals surface area contributed by atoms with Crippen molar-refractivity contribution in [2.45, 2.75) is 42.7 Å². The summed E-state index contributed by atoms with van der Waals surface area (Å²) >= 11 is 0. The average Bonchev–Trinajstić information content (AvgIpc) is 3.23. The molecule has 2 aromatic rings. The van der Waals surface area contributed by atoms with E-state index in [4.69, 9.17) is 10.5 Å². The van der Waals surface area contributed by atoms with Crippen LogP contribution in [0.15, 0.2) is 41.3 Å². The van der Waals surface area contributed by atoms with Gasteiger partial charge >= 0.3 is 0 Å². The van der Waals surface area contributed by atoms with Gasteiger partial charge in [0.05, 0.1) is 18.0 Å². The molecule has 2 fully saturated rings. The molecule has 0 aromatic heterocycles. The zero-order valence-corrected chi connectivity index (χ0v) is 17.4. The summed E-state index contributed by atoms with van der Waals surface area (Å²) in [7, 11) is -2.04. The van der Waals surface area contributed by atoms with Crippen LogP contribution in [-0.2, 0) is 14.8 Å². The number of hydrogen-bond acceptors (Lipinski definition) is 5. The molecule has 2 N–H and O–H groups in total. The third kappa shape index (κ3) is 3.60. The second-order valence-electron chi connectivity index (χ2n) is 7.75. The number of sulfonamides is 1. The van der Waals surface area contributed by atoms with Gasteiger partial charge in [0, 0.05) is 29.9 Å². The standard InChI is InChI=1S/C21H27N3O4S/c1-28-19-8-9-20(17-6-3-2-5-16(17)19)29(26,27)23-13-10-15(11-14-23)24-12-4-7-18(24)21(22)25/h2-3,5-6,8-9,15,18H,4,7,10-14H2,1H3,(H2,22,25). The van der Waals surface area contributed by atoms with Crippen LogP contribution in [-0.4, -0.2) is 62.4 Å². The number of piperidine rings is 1. The third-order valence-electron chi connectivity index (χ3n) is 6.20. The average molecular weight is 418 g/mol. The first-order chi connectivity index (χ1) is 13.9. The van der Waals surface area contributed by atoms with Crippen LogP contribution in [0.25, 0.3) is 10.8 Å². The lowest BCUT2D eigenvalue weighted by atomic mass is 10.0. The largest absolute Gasteiger partial charge is 0.496 e. The van der Waals surface area contributed by atoms with E-state index in [0.717, 1.165) is 24.8 Å². The number of primary amides is 1. The number of fused-ring (bicyclic) bond motifs is 1. The van der Waals surface area contributed by atoms with Crippen LogP contribution in [0.3, 0.4) is 0 Å². The first-order valence-electron chi connectivity index (χ1n) is 10.0. The van der Waals surface area contributed by atoms with Gasteiger partial charge in [0.25, 0.3) is 0 Å². The number of carbonyl (C=O) groups excluding carboxylic acids is 1. The number of hydrogen-bond donors (Lipinski definition) is 1. The minimum atomic E-state index is -3.62. The molecule has 0 bridgehead atoms. The van der Waals surface area contributed by atoms with E-state index in [1.54, 1.807) is 23.5 Å². The van der Waals surface area contributed by atoms with Gasteiger partial charge in [0.2, 0.25) is 15.9 Å². The van der Waals surface area contributed by atoms with Crippen LogP contribution in [0.5, 0.6) is 5.75 Å². The van der Waals surface area contributed by atoms with Crippen LogP contribution in [0.1, 0.15) is 25.7 Å². The number of methoxy groups -OCH3 is 1. The van der Waals surface area contributed by atoms with Crippen molar-refractivity contribution in [2.24, 2.45) is 5.73 Å². The highest BCUT2D eigenvalue weighted by Gasteiger charge is 2.38. The Hall–Kier alpha value is -2.16. The maximum absolute atomic E-state index is 13.4. The van der Waals surface area contributed by atoms with Gasteiger partial charge < -0.3 is 10.5 Å². The summed E-state index contributed by atoms with van der Waals surface area (Å²) in [6.07, 6.45) is 3.17. The van der Waals surface area contributed by atoms with Crippen molar-refractivity contribution in [3.05, 3.63) is 36.4 Å². The smallest absolute Gasteiger partial charge is 0.243 e. The Kier molecular flexibility index (Phi) is 5.50. The molecule has 2 aliphatic heterocycles. The van der Waals surface area contributed by atoms with Crippen molar-refractivity contribution in [1.29, 1.82) is 0 Å². The Morgan fingerprint density at radius 3 is 2.38 bits per heavy atom. The Morgan fingerprint density at radius 2 is 1.72 bits per heavy atom. The molecule has 2 saturated heterocycles. The molecule has 1 atom stereocenters. The maximum atomic E-state index is 13.4. The second-order valence-corrected chi connectivity index (χ2v) is 9.65. The van der Waals surface area contributed by atoms with E-state index >= 15 is 0 Å². The van der Waals surface area contributed by atoms with Gasteiger partial charge in [0.15, 0.2) is 0 Å². The van der Waals surface area contributed by atoms with Gasteiger partial charge in [-0.2, -0.15) is 4.31 Å². The number of carbonyl (C=O) groups is 1. The minimum Gasteiger partial charge on any atom is -0.496 e. The van der Waals surface area contributed by atoms with Gasteiger partial charge in [-0.25, -0.2) is 8.42 Å². The fourth-order valence-corrected chi connectivity index (χ4v) is 6.40. The van der Waals surface area contributed by atoms with Crippen molar-refractivity contribution >= 4 is 26.7 Å². The SMILES string of the molecule is COc1ccc(S(=O)(=O)N2CCC(N3CCCC3C(N)=O)CC2)c2ccccc12. The normalized spacial score (nSPS) is 22.2. The molecule has 0 aliphatic carbocycles. The fraction of sp³-hybridized carbons (Fsp3) is 0.476. The van der Waals surface area contributed by atoms with E-state index < -0.39 is 10.0 Å². The molecular weight excluding hydrogens is 390 g/mol. The lowest BCUT2D eigenvalue weighted by Crippen LogP contribution is -2.51. The topological polar surface area (TPSA) is 92.9 Å². The number of ether oxygens (including phenoxy) is 1. The number of nitrogens with two attached hydrogens (primary N) is 1. The summed E-state index contributed by atoms with van der Waals surface area (Å²) in [5, 5.41) is 1.45. The predicted molar refractivity (Wildman–Crippen MR) is 111 cm³/mol. The number of rotatable bonds is 5. The number of amides is 1. The summed E-state index contributed by atoms with van der Waals surface area (Å²) in [4.78, 5) is 14.2. The van der Waals surface area contributed by atoms with Gasteiger partial charge in [-0.15, -0.1) is 0 Å². The summed E-state index contributed by atoms with van der Waals surface area (Å²) < 4.78 is 33.7. The second kappa shape index (κ2) is 7.93. The van der Waals surface area contributed by atoms with Gasteiger partial charge in [-0.3, -0.25) is 9.69 Å². The number of benzene rings is 2. The molecule has 0 saturated carbocycles. The van der Waals surface area contributed by atoms with Gasteiger partial charge in [-0.05, 0) is 44.4 Å². The monoisotopic (exact) mass is 417 g/mol. The van der Waals surface area contributed by atoms with Crippen molar-refractivity contribution in [3.63, 3.8) is 0 Å². The zero-order valence-electron chi connectivity index (χ0n) is 16.6. The number of likely N-dealkylation sites (tertiary alicyclic amines) is 1. The molecule has 8 heteroatoms. The van der Waals surface area contributed by atoms with Gasteiger partial charge in [-0.1, -0.05) is 24.3 Å². The van der Waals surface area contributed by atoms with E-state index in [0.29, 0.717) is 42.0 Å². The molecule has 1 amide bonds. The molecule has 0 radical (unpaired) electrons. The predicted octanol–water partition coefficient (Wildman–Crippen LogP) is 1.95. The zero-order chi connectivity index (χ0) is 20.6. The first-order valence-corrected chi connectivity index (χ1v) is 11.5. The summed E-state index contributed by atoms with van der Waals surface area (Å²) in [6, 6.07) is 10.7. The quantitative estimate of drug-likeness (QED) is 0.803. The van der Waals surface area contributed by atoms with E-state index in [1.165, 1.54) is 0 Å². The summed E-state index contributed by atoms with van der Waals surface area (Å²) in [6.45, 7) is 1.73. The summed E-state index contributed by atoms with van der Waals surface area (Å²) in [5.41, 5.74) is 5.55. The van der Waals surface area contributed by atoms with Crippen LogP contribution in [0, 0.1) is 0 Å². The summed E-state index contributed by atoms with van der Waals surface area (Å²) in [5.74, 6) is 0.382. The van der Waals surface area contributed by atoms with E-state index in [2.05, 4.69) is 4.90 Å². The van der Waals surface area contributed by atoms with Crippen LogP contribution < -0.4 is 10.5 Å². The van der Waals surface area contributed by atoms with Gasteiger partial charge in [0.1, 0.15) is 5.75 Å². The van der Waals surface area contributed by atoms with Crippen molar-refractivity contribution in [1.82, 2.24) is 9.21 Å². The third-order valence-corrected chi connectivity index (χ3v) is 8.15. The van der Waals surface area contributed by atoms with Crippen molar-refractivity contribution < 1.29 is 17.9 Å². The molecular formula is C21H27N3O4S. The fourth-order valence-electron chi connectivity index (χ4n) is 4.73. The van der Waals surface area contributed by atoms with E-state index in [1.807, 2.05) is 24.3 Å².